The molecular weight excluding hydrogens is 623 g/mol. The highest BCUT2D eigenvalue weighted by Crippen LogP contribution is 2.52. The normalized spacial score (nSPS) is 15.1. The van der Waals surface area contributed by atoms with E-state index in [-0.39, 0.29) is 35.4 Å². The van der Waals surface area contributed by atoms with Gasteiger partial charge in [-0.25, -0.2) is 10.2 Å². The maximum Gasteiger partial charge on any atom is 0.341 e. The molecule has 0 spiro atoms. The zero-order valence-electron chi connectivity index (χ0n) is 19.7. The molecule has 0 aliphatic carbocycles. The Bertz CT molecular complexity index is 1120. The van der Waals surface area contributed by atoms with Crippen LogP contribution in [0.5, 0.6) is 17.2 Å². The van der Waals surface area contributed by atoms with Crippen LogP contribution in [-0.2, 0) is 9.09 Å². The minimum Gasteiger partial charge on any atom is -0.489 e. The summed E-state index contributed by atoms with van der Waals surface area (Å²) in [7, 11) is -0.149. The zero-order valence-corrected chi connectivity index (χ0v) is 23.8. The van der Waals surface area contributed by atoms with Gasteiger partial charge in [-0.2, -0.15) is 0 Å². The predicted molar refractivity (Wildman–Crippen MR) is 143 cm³/mol. The summed E-state index contributed by atoms with van der Waals surface area (Å²) in [5.41, 5.74) is 0.646. The number of nitrogens with one attached hydrogen (secondary N) is 2. The number of hydrogen-bond acceptors (Lipinski definition) is 7. The van der Waals surface area contributed by atoms with E-state index < -0.39 is 18.7 Å². The molecular formula is C22H27Br2N4O7P. The highest BCUT2D eigenvalue weighted by atomic mass is 79.9. The van der Waals surface area contributed by atoms with Crippen molar-refractivity contribution in [2.24, 2.45) is 0 Å². The van der Waals surface area contributed by atoms with Crippen LogP contribution in [0.15, 0.2) is 36.4 Å². The first-order valence-corrected chi connectivity index (χ1v) is 14.9. The molecule has 0 aromatic heterocycles. The first-order valence-electron chi connectivity index (χ1n) is 11.0. The van der Waals surface area contributed by atoms with E-state index in [2.05, 4.69) is 42.0 Å². The summed E-state index contributed by atoms with van der Waals surface area (Å²) in [5, 5.41) is 18.7. The number of fused-ring (bicyclic) bond motifs is 1. The fraction of sp³-hybridized carbons (Fsp3) is 0.409. The van der Waals surface area contributed by atoms with Crippen LogP contribution in [0, 0.1) is 10.1 Å². The Morgan fingerprint density at radius 1 is 1.17 bits per heavy atom. The fourth-order valence-corrected chi connectivity index (χ4v) is 6.14. The van der Waals surface area contributed by atoms with Crippen molar-refractivity contribution in [3.8, 4) is 17.2 Å². The molecule has 2 aromatic carbocycles. The number of benzene rings is 2. The van der Waals surface area contributed by atoms with Crippen molar-refractivity contribution in [2.45, 2.75) is 12.5 Å². The average Bonchev–Trinajstić information content (AvgIpc) is 2.86. The lowest BCUT2D eigenvalue weighted by atomic mass is 10.0. The van der Waals surface area contributed by atoms with Crippen LogP contribution in [0.4, 0.5) is 5.69 Å². The van der Waals surface area contributed by atoms with Crippen LogP contribution in [0.1, 0.15) is 28.4 Å². The fourth-order valence-electron chi connectivity index (χ4n) is 3.48. The van der Waals surface area contributed by atoms with Crippen molar-refractivity contribution in [3.63, 3.8) is 0 Å². The number of nitro benzene ring substituents is 1. The van der Waals surface area contributed by atoms with E-state index in [4.69, 9.17) is 14.0 Å². The zero-order chi connectivity index (χ0) is 26.3. The van der Waals surface area contributed by atoms with Crippen LogP contribution in [0.25, 0.3) is 0 Å². The van der Waals surface area contributed by atoms with Crippen molar-refractivity contribution in [1.29, 1.82) is 0 Å². The summed E-state index contributed by atoms with van der Waals surface area (Å²) in [6, 6.07) is 9.10. The molecule has 2 aromatic rings. The second-order valence-corrected chi connectivity index (χ2v) is 11.4. The van der Waals surface area contributed by atoms with Crippen molar-refractivity contribution in [1.82, 2.24) is 15.1 Å². The molecule has 1 unspecified atom stereocenters. The topological polar surface area (TPSA) is 132 Å². The molecule has 0 saturated carbocycles. The van der Waals surface area contributed by atoms with Gasteiger partial charge in [0, 0.05) is 61.5 Å². The third-order valence-corrected chi connectivity index (χ3v) is 7.75. The lowest BCUT2D eigenvalue weighted by Crippen LogP contribution is -2.29. The van der Waals surface area contributed by atoms with E-state index >= 15 is 0 Å². The van der Waals surface area contributed by atoms with Gasteiger partial charge < -0.3 is 14.4 Å². The molecule has 0 fully saturated rings. The molecule has 0 saturated heterocycles. The van der Waals surface area contributed by atoms with Gasteiger partial charge in [0.2, 0.25) is 5.75 Å². The van der Waals surface area contributed by atoms with Gasteiger partial charge in [-0.3, -0.25) is 24.0 Å². The van der Waals surface area contributed by atoms with Gasteiger partial charge in [-0.05, 0) is 30.3 Å². The van der Waals surface area contributed by atoms with E-state index in [1.165, 1.54) is 17.0 Å². The molecule has 11 nitrogen and oxygen atoms in total. The standard InChI is InChI=1S/C22H27Br2N4O7P/c1-27(2)22(29)15-3-5-16(6-4-15)34-21-18(28(30)31)8-7-17-19(9-14-33-20(17)21)35-36(32,25-12-10-23)26-13-11-24/h3-8,19H,9-14H2,1-2H3,(H2,25,26,32). The number of alkyl halides is 2. The number of nitro groups is 1. The van der Waals surface area contributed by atoms with Gasteiger partial charge in [-0.15, -0.1) is 0 Å². The molecule has 1 heterocycles. The summed E-state index contributed by atoms with van der Waals surface area (Å²) in [5.74, 6) is 0.173. The molecule has 1 amide bonds. The van der Waals surface area contributed by atoms with Crippen molar-refractivity contribution in [2.75, 3.05) is 44.5 Å². The largest absolute Gasteiger partial charge is 0.489 e. The van der Waals surface area contributed by atoms with Crippen LogP contribution < -0.4 is 19.6 Å². The number of carbonyl (C=O) groups is 1. The number of amides is 1. The SMILES string of the molecule is CN(C)C(=O)c1ccc(Oc2c([N+](=O)[O-])ccc3c2OCCC3OP(=O)(NCCBr)NCCBr)cc1. The van der Waals surface area contributed by atoms with E-state index in [0.717, 1.165) is 0 Å². The summed E-state index contributed by atoms with van der Waals surface area (Å²) < 4.78 is 31.1. The van der Waals surface area contributed by atoms with Gasteiger partial charge in [0.25, 0.3) is 5.91 Å². The quantitative estimate of drug-likeness (QED) is 0.141. The second kappa shape index (κ2) is 13.0. The Morgan fingerprint density at radius 3 is 2.36 bits per heavy atom. The number of rotatable bonds is 12. The minimum atomic E-state index is -3.44. The molecule has 1 aliphatic heterocycles. The molecule has 1 atom stereocenters. The molecule has 3 rings (SSSR count). The lowest BCUT2D eigenvalue weighted by molar-refractivity contribution is -0.385. The third-order valence-electron chi connectivity index (χ3n) is 5.12. The summed E-state index contributed by atoms with van der Waals surface area (Å²) in [6.45, 7) is 0.996. The molecule has 1 aliphatic rings. The number of hydrogen-bond donors (Lipinski definition) is 2. The molecule has 2 N–H and O–H groups in total. The van der Waals surface area contributed by atoms with E-state index in [1.54, 1.807) is 38.4 Å². The third kappa shape index (κ3) is 7.05. The number of ether oxygens (including phenoxy) is 2. The highest BCUT2D eigenvalue weighted by molar-refractivity contribution is 9.09. The first-order chi connectivity index (χ1) is 17.2. The smallest absolute Gasteiger partial charge is 0.341 e. The molecule has 36 heavy (non-hydrogen) atoms. The summed E-state index contributed by atoms with van der Waals surface area (Å²) in [4.78, 5) is 24.8. The molecule has 0 bridgehead atoms. The monoisotopic (exact) mass is 648 g/mol. The predicted octanol–water partition coefficient (Wildman–Crippen LogP) is 5.01. The van der Waals surface area contributed by atoms with E-state index in [9.17, 15) is 19.5 Å². The van der Waals surface area contributed by atoms with Crippen LogP contribution >= 0.6 is 39.5 Å². The van der Waals surface area contributed by atoms with Crippen LogP contribution in [0.2, 0.25) is 0 Å². The lowest BCUT2D eigenvalue weighted by Gasteiger charge is -2.30. The van der Waals surface area contributed by atoms with Crippen LogP contribution in [0.3, 0.4) is 0 Å². The Morgan fingerprint density at radius 2 is 1.81 bits per heavy atom. The Kier molecular flexibility index (Phi) is 10.3. The average molecular weight is 650 g/mol. The van der Waals surface area contributed by atoms with Gasteiger partial charge in [0.15, 0.2) is 5.75 Å². The second-order valence-electron chi connectivity index (χ2n) is 7.89. The van der Waals surface area contributed by atoms with Crippen molar-refractivity contribution >= 4 is 51.1 Å². The maximum absolute atomic E-state index is 13.4. The number of halogens is 2. The highest BCUT2D eigenvalue weighted by Gasteiger charge is 2.35. The maximum atomic E-state index is 13.4. The van der Waals surface area contributed by atoms with Crippen molar-refractivity contribution < 1.29 is 28.3 Å². The van der Waals surface area contributed by atoms with Crippen LogP contribution in [-0.4, -0.2) is 60.2 Å². The van der Waals surface area contributed by atoms with Crippen molar-refractivity contribution in [3.05, 3.63) is 57.6 Å². The minimum absolute atomic E-state index is 0.0887. The Hall–Kier alpha value is -2.02. The number of nitrogens with zero attached hydrogens (tertiary/aromatic N) is 2. The van der Waals surface area contributed by atoms with Gasteiger partial charge >= 0.3 is 13.4 Å². The van der Waals surface area contributed by atoms with Gasteiger partial charge in [0.1, 0.15) is 5.75 Å². The van der Waals surface area contributed by atoms with Gasteiger partial charge in [0.05, 0.1) is 17.6 Å². The van der Waals surface area contributed by atoms with E-state index in [1.807, 2.05) is 0 Å². The summed E-state index contributed by atoms with van der Waals surface area (Å²) in [6.07, 6.45) is -0.268. The Labute approximate surface area is 225 Å². The molecule has 196 valence electrons. The molecule has 14 heteroatoms. The first kappa shape index (κ1) is 28.5. The van der Waals surface area contributed by atoms with E-state index in [0.29, 0.717) is 41.3 Å². The summed E-state index contributed by atoms with van der Waals surface area (Å²) >= 11 is 6.61. The number of carbonyl (C=O) groups excluding carboxylic acids is 1. The van der Waals surface area contributed by atoms with Gasteiger partial charge in [-0.1, -0.05) is 31.9 Å². The molecule has 0 radical (unpaired) electrons. The Balaban J connectivity index is 1.94.